The van der Waals surface area contributed by atoms with E-state index in [9.17, 15) is 19.5 Å². The fourth-order valence-electron chi connectivity index (χ4n) is 3.49. The van der Waals surface area contributed by atoms with Crippen LogP contribution in [0.2, 0.25) is 0 Å². The first-order valence-electron chi connectivity index (χ1n) is 10.2. The van der Waals surface area contributed by atoms with Crippen molar-refractivity contribution < 1.29 is 29.0 Å². The van der Waals surface area contributed by atoms with E-state index in [4.69, 9.17) is 9.47 Å². The molecule has 2 unspecified atom stereocenters. The molecule has 8 nitrogen and oxygen atoms in total. The van der Waals surface area contributed by atoms with Crippen molar-refractivity contribution >= 4 is 18.2 Å². The molecule has 1 fully saturated rings. The van der Waals surface area contributed by atoms with Crippen LogP contribution in [-0.4, -0.2) is 47.3 Å². The lowest BCUT2D eigenvalue weighted by Gasteiger charge is -2.27. The molecular weight excluding hydrogens is 400 g/mol. The van der Waals surface area contributed by atoms with Crippen LogP contribution < -0.4 is 5.32 Å². The number of benzene rings is 2. The number of alkyl carbamates (subject to hydrolysis) is 1. The van der Waals surface area contributed by atoms with Gasteiger partial charge in [-0.3, -0.25) is 4.79 Å². The molecule has 1 heterocycles. The molecule has 0 aromatic heterocycles. The van der Waals surface area contributed by atoms with Gasteiger partial charge in [-0.1, -0.05) is 60.7 Å². The maximum Gasteiger partial charge on any atom is 0.410 e. The normalized spacial score (nSPS) is 18.5. The van der Waals surface area contributed by atoms with Gasteiger partial charge in [0, 0.05) is 13.1 Å². The van der Waals surface area contributed by atoms with Crippen molar-refractivity contribution in [2.24, 2.45) is 5.92 Å². The predicted octanol–water partition coefficient (Wildman–Crippen LogP) is 3.41. The number of aliphatic carboxylic acids is 1. The van der Waals surface area contributed by atoms with E-state index < -0.39 is 30.1 Å². The number of likely N-dealkylation sites (tertiary alicyclic amines) is 1. The first-order valence-corrected chi connectivity index (χ1v) is 10.2. The van der Waals surface area contributed by atoms with Crippen molar-refractivity contribution in [1.29, 1.82) is 0 Å². The van der Waals surface area contributed by atoms with Gasteiger partial charge in [0.25, 0.3) is 0 Å². The van der Waals surface area contributed by atoms with E-state index in [1.54, 1.807) is 0 Å². The third kappa shape index (κ3) is 6.74. The summed E-state index contributed by atoms with van der Waals surface area (Å²) in [6.45, 7) is 0.579. The monoisotopic (exact) mass is 426 g/mol. The summed E-state index contributed by atoms with van der Waals surface area (Å²) in [6, 6.07) is 17.7. The minimum Gasteiger partial charge on any atom is -0.481 e. The maximum atomic E-state index is 12.6. The Kier molecular flexibility index (Phi) is 7.86. The van der Waals surface area contributed by atoms with Crippen LogP contribution in [0.4, 0.5) is 9.59 Å². The summed E-state index contributed by atoms with van der Waals surface area (Å²) >= 11 is 0. The van der Waals surface area contributed by atoms with Crippen molar-refractivity contribution in [2.75, 3.05) is 13.1 Å². The Morgan fingerprint density at radius 1 is 0.935 bits per heavy atom. The molecular formula is C23H26N2O6. The highest BCUT2D eigenvalue weighted by molar-refractivity contribution is 5.74. The van der Waals surface area contributed by atoms with Crippen LogP contribution in [0.1, 0.15) is 24.0 Å². The summed E-state index contributed by atoms with van der Waals surface area (Å²) in [5, 5.41) is 12.2. The second kappa shape index (κ2) is 11.0. The van der Waals surface area contributed by atoms with Gasteiger partial charge in [0.05, 0.1) is 12.0 Å². The van der Waals surface area contributed by atoms with Gasteiger partial charge in [-0.05, 0) is 24.0 Å². The van der Waals surface area contributed by atoms with Crippen LogP contribution in [-0.2, 0) is 27.5 Å². The van der Waals surface area contributed by atoms with Gasteiger partial charge >= 0.3 is 18.2 Å². The quantitative estimate of drug-likeness (QED) is 0.733. The van der Waals surface area contributed by atoms with Crippen LogP contribution in [0.5, 0.6) is 0 Å². The number of carbonyl (C=O) groups is 3. The van der Waals surface area contributed by atoms with Crippen molar-refractivity contribution in [3.8, 4) is 0 Å². The molecule has 8 heteroatoms. The van der Waals surface area contributed by atoms with E-state index in [1.807, 2.05) is 60.7 Å². The Bertz CT molecular complexity index is 874. The summed E-state index contributed by atoms with van der Waals surface area (Å²) in [6.07, 6.45) is -0.435. The first kappa shape index (κ1) is 22.1. The number of carboxylic acid groups (broad SMARTS) is 1. The molecule has 2 atom stereocenters. The smallest absolute Gasteiger partial charge is 0.410 e. The SMILES string of the molecule is O=C(NC1CN(C(=O)OCc2ccccc2)CCCC1C(=O)O)OCc1ccccc1. The second-order valence-electron chi connectivity index (χ2n) is 7.39. The van der Waals surface area contributed by atoms with E-state index in [2.05, 4.69) is 5.32 Å². The number of hydrogen-bond donors (Lipinski definition) is 2. The molecule has 164 valence electrons. The van der Waals surface area contributed by atoms with Crippen molar-refractivity contribution in [3.63, 3.8) is 0 Å². The summed E-state index contributed by atoms with van der Waals surface area (Å²) < 4.78 is 10.6. The molecule has 0 saturated carbocycles. The number of nitrogens with zero attached hydrogens (tertiary/aromatic N) is 1. The Hall–Kier alpha value is -3.55. The van der Waals surface area contributed by atoms with Gasteiger partial charge in [-0.15, -0.1) is 0 Å². The lowest BCUT2D eigenvalue weighted by molar-refractivity contribution is -0.142. The molecule has 1 aliphatic heterocycles. The number of carboxylic acids is 1. The van der Waals surface area contributed by atoms with E-state index in [0.29, 0.717) is 19.4 Å². The van der Waals surface area contributed by atoms with Crippen LogP contribution >= 0.6 is 0 Å². The van der Waals surface area contributed by atoms with Gasteiger partial charge in [-0.2, -0.15) is 0 Å². The first-order chi connectivity index (χ1) is 15.0. The zero-order chi connectivity index (χ0) is 22.1. The standard InChI is InChI=1S/C23H26N2O6/c26-21(27)19-12-7-13-25(23(29)31-16-18-10-5-2-6-11-18)14-20(19)24-22(28)30-15-17-8-3-1-4-9-17/h1-6,8-11,19-20H,7,12-16H2,(H,24,28)(H,26,27). The van der Waals surface area contributed by atoms with Gasteiger partial charge in [0.15, 0.2) is 0 Å². The van der Waals surface area contributed by atoms with Gasteiger partial charge in [0.1, 0.15) is 13.2 Å². The zero-order valence-electron chi connectivity index (χ0n) is 17.1. The molecule has 1 aliphatic rings. The third-order valence-electron chi connectivity index (χ3n) is 5.14. The largest absolute Gasteiger partial charge is 0.481 e. The Balaban J connectivity index is 1.59. The fourth-order valence-corrected chi connectivity index (χ4v) is 3.49. The molecule has 2 aromatic rings. The number of hydrogen-bond acceptors (Lipinski definition) is 5. The molecule has 0 radical (unpaired) electrons. The van der Waals surface area contributed by atoms with E-state index in [-0.39, 0.29) is 19.8 Å². The number of ether oxygens (including phenoxy) is 2. The number of amides is 2. The Labute approximate surface area is 180 Å². The molecule has 0 bridgehead atoms. The van der Waals surface area contributed by atoms with E-state index >= 15 is 0 Å². The van der Waals surface area contributed by atoms with Gasteiger partial charge in [-0.25, -0.2) is 9.59 Å². The summed E-state index contributed by atoms with van der Waals surface area (Å²) in [5.74, 6) is -1.84. The molecule has 3 rings (SSSR count). The van der Waals surface area contributed by atoms with Gasteiger partial charge in [0.2, 0.25) is 0 Å². The van der Waals surface area contributed by atoms with Crippen molar-refractivity contribution in [1.82, 2.24) is 10.2 Å². The topological polar surface area (TPSA) is 105 Å². The Morgan fingerprint density at radius 3 is 2.10 bits per heavy atom. The minimum atomic E-state index is -1.02. The number of rotatable bonds is 6. The number of nitrogens with one attached hydrogen (secondary N) is 1. The molecule has 2 aromatic carbocycles. The number of carbonyl (C=O) groups excluding carboxylic acids is 2. The van der Waals surface area contributed by atoms with Crippen LogP contribution in [0, 0.1) is 5.92 Å². The molecule has 0 aliphatic carbocycles. The zero-order valence-corrected chi connectivity index (χ0v) is 17.1. The molecule has 2 N–H and O–H groups in total. The van der Waals surface area contributed by atoms with E-state index in [0.717, 1.165) is 11.1 Å². The van der Waals surface area contributed by atoms with Gasteiger partial charge < -0.3 is 24.8 Å². The maximum absolute atomic E-state index is 12.6. The molecule has 1 saturated heterocycles. The highest BCUT2D eigenvalue weighted by Crippen LogP contribution is 2.20. The fraction of sp³-hybridized carbons (Fsp3) is 0.348. The average Bonchev–Trinajstić information content (AvgIpc) is 3.00. The lowest BCUT2D eigenvalue weighted by Crippen LogP contribution is -2.49. The average molecular weight is 426 g/mol. The molecule has 0 spiro atoms. The third-order valence-corrected chi connectivity index (χ3v) is 5.14. The Morgan fingerprint density at radius 2 is 1.52 bits per heavy atom. The highest BCUT2D eigenvalue weighted by atomic mass is 16.6. The summed E-state index contributed by atoms with van der Waals surface area (Å²) in [7, 11) is 0. The van der Waals surface area contributed by atoms with Crippen LogP contribution in [0.15, 0.2) is 60.7 Å². The second-order valence-corrected chi connectivity index (χ2v) is 7.39. The van der Waals surface area contributed by atoms with Crippen molar-refractivity contribution in [2.45, 2.75) is 32.1 Å². The van der Waals surface area contributed by atoms with Crippen molar-refractivity contribution in [3.05, 3.63) is 71.8 Å². The van der Waals surface area contributed by atoms with Crippen LogP contribution in [0.25, 0.3) is 0 Å². The van der Waals surface area contributed by atoms with E-state index in [1.165, 1.54) is 4.90 Å². The minimum absolute atomic E-state index is 0.0328. The lowest BCUT2D eigenvalue weighted by atomic mass is 9.96. The molecule has 31 heavy (non-hydrogen) atoms. The van der Waals surface area contributed by atoms with Crippen LogP contribution in [0.3, 0.4) is 0 Å². The summed E-state index contributed by atoms with van der Waals surface area (Å²) in [5.41, 5.74) is 1.67. The predicted molar refractivity (Wildman–Crippen MR) is 112 cm³/mol. The summed E-state index contributed by atoms with van der Waals surface area (Å²) in [4.78, 5) is 38.0. The highest BCUT2D eigenvalue weighted by Gasteiger charge is 2.35. The molecule has 2 amide bonds.